The second kappa shape index (κ2) is 10.6. The number of carbonyl (C=O) groups excluding carboxylic acids is 3. The van der Waals surface area contributed by atoms with Gasteiger partial charge in [0.15, 0.2) is 0 Å². The first-order valence-electron chi connectivity index (χ1n) is 10.6. The van der Waals surface area contributed by atoms with Gasteiger partial charge in [-0.25, -0.2) is 4.79 Å². The van der Waals surface area contributed by atoms with Gasteiger partial charge in [-0.2, -0.15) is 0 Å². The highest BCUT2D eigenvalue weighted by molar-refractivity contribution is 5.89. The van der Waals surface area contributed by atoms with Gasteiger partial charge in [-0.1, -0.05) is 48.0 Å². The molecule has 0 radical (unpaired) electrons. The first kappa shape index (κ1) is 22.3. The lowest BCUT2D eigenvalue weighted by atomic mass is 10.0. The monoisotopic (exact) mass is 422 g/mol. The fourth-order valence-corrected chi connectivity index (χ4v) is 3.67. The van der Waals surface area contributed by atoms with Gasteiger partial charge >= 0.3 is 6.03 Å². The van der Waals surface area contributed by atoms with Gasteiger partial charge in [-0.05, 0) is 37.5 Å². The molecule has 3 rings (SSSR count). The Bertz CT molecular complexity index is 891. The Morgan fingerprint density at radius 2 is 1.65 bits per heavy atom. The molecule has 0 aromatic heterocycles. The van der Waals surface area contributed by atoms with Crippen LogP contribution in [0.1, 0.15) is 30.9 Å². The third-order valence-corrected chi connectivity index (χ3v) is 5.41. The van der Waals surface area contributed by atoms with E-state index in [2.05, 4.69) is 16.0 Å². The fraction of sp³-hybridized carbons (Fsp3) is 0.375. The van der Waals surface area contributed by atoms with Gasteiger partial charge in [0.05, 0.1) is 0 Å². The van der Waals surface area contributed by atoms with Crippen molar-refractivity contribution >= 4 is 23.5 Å². The molecule has 164 valence electrons. The van der Waals surface area contributed by atoms with Crippen LogP contribution < -0.4 is 16.0 Å². The van der Waals surface area contributed by atoms with Gasteiger partial charge in [0.2, 0.25) is 11.8 Å². The van der Waals surface area contributed by atoms with E-state index in [4.69, 9.17) is 0 Å². The van der Waals surface area contributed by atoms with E-state index >= 15 is 0 Å². The number of hydrogen-bond acceptors (Lipinski definition) is 3. The van der Waals surface area contributed by atoms with Crippen molar-refractivity contribution in [1.82, 2.24) is 15.5 Å². The molecule has 0 unspecified atom stereocenters. The molecule has 0 bridgehead atoms. The summed E-state index contributed by atoms with van der Waals surface area (Å²) < 4.78 is 0. The molecule has 2 aromatic carbocycles. The van der Waals surface area contributed by atoms with E-state index < -0.39 is 6.04 Å². The third-order valence-electron chi connectivity index (χ3n) is 5.41. The molecule has 3 N–H and O–H groups in total. The normalized spacial score (nSPS) is 15.1. The molecule has 1 fully saturated rings. The Morgan fingerprint density at radius 3 is 2.26 bits per heavy atom. The predicted molar refractivity (Wildman–Crippen MR) is 121 cm³/mol. The Labute approximate surface area is 183 Å². The molecule has 1 aliphatic heterocycles. The second-order valence-corrected chi connectivity index (χ2v) is 8.01. The highest BCUT2D eigenvalue weighted by atomic mass is 16.2. The average Bonchev–Trinajstić information content (AvgIpc) is 2.75. The van der Waals surface area contributed by atoms with Crippen molar-refractivity contribution in [1.29, 1.82) is 0 Å². The zero-order chi connectivity index (χ0) is 22.2. The molecule has 1 aliphatic rings. The molecule has 4 amide bonds. The van der Waals surface area contributed by atoms with E-state index in [9.17, 15) is 14.4 Å². The number of urea groups is 1. The molecule has 1 heterocycles. The van der Waals surface area contributed by atoms with Crippen LogP contribution in [0.2, 0.25) is 0 Å². The molecule has 0 aliphatic carbocycles. The third kappa shape index (κ3) is 6.84. The van der Waals surface area contributed by atoms with E-state index in [0.717, 1.165) is 16.8 Å². The van der Waals surface area contributed by atoms with Gasteiger partial charge in [0.25, 0.3) is 0 Å². The largest absolute Gasteiger partial charge is 0.351 e. The van der Waals surface area contributed by atoms with Crippen LogP contribution in [-0.2, 0) is 16.0 Å². The zero-order valence-electron chi connectivity index (χ0n) is 18.1. The standard InChI is InChI=1S/C24H30N4O3/c1-17-8-10-19(11-9-17)16-22(25-18(2)29)23(30)26-21-12-14-28(15-13-21)24(31)27-20-6-4-3-5-7-20/h3-11,21-22H,12-16H2,1-2H3,(H,25,29)(H,26,30)(H,27,31)/t22-/m1/s1. The van der Waals surface area contributed by atoms with Crippen molar-refractivity contribution in [2.24, 2.45) is 0 Å². The minimum absolute atomic E-state index is 0.0254. The molecule has 0 saturated carbocycles. The second-order valence-electron chi connectivity index (χ2n) is 8.01. The van der Waals surface area contributed by atoms with Crippen LogP contribution >= 0.6 is 0 Å². The number of nitrogens with one attached hydrogen (secondary N) is 3. The zero-order valence-corrected chi connectivity index (χ0v) is 18.1. The van der Waals surface area contributed by atoms with E-state index in [1.54, 1.807) is 4.90 Å². The number of benzene rings is 2. The van der Waals surface area contributed by atoms with Crippen molar-refractivity contribution in [3.63, 3.8) is 0 Å². The van der Waals surface area contributed by atoms with Crippen LogP contribution in [-0.4, -0.2) is 47.9 Å². The van der Waals surface area contributed by atoms with Gasteiger partial charge in [-0.3, -0.25) is 9.59 Å². The summed E-state index contributed by atoms with van der Waals surface area (Å²) in [5, 5.41) is 8.70. The Balaban J connectivity index is 1.51. The molecule has 1 atom stereocenters. The maximum absolute atomic E-state index is 12.9. The Morgan fingerprint density at radius 1 is 1.00 bits per heavy atom. The van der Waals surface area contributed by atoms with Crippen LogP contribution in [0.3, 0.4) is 0 Å². The molecule has 7 heteroatoms. The number of piperidine rings is 1. The molecule has 31 heavy (non-hydrogen) atoms. The predicted octanol–water partition coefficient (Wildman–Crippen LogP) is 2.85. The number of carbonyl (C=O) groups is 3. The first-order chi connectivity index (χ1) is 14.9. The number of nitrogens with zero attached hydrogens (tertiary/aromatic N) is 1. The highest BCUT2D eigenvalue weighted by Crippen LogP contribution is 2.14. The lowest BCUT2D eigenvalue weighted by molar-refractivity contribution is -0.128. The van der Waals surface area contributed by atoms with Crippen LogP contribution in [0.5, 0.6) is 0 Å². The molecular weight excluding hydrogens is 392 g/mol. The summed E-state index contributed by atoms with van der Waals surface area (Å²) in [6.45, 7) is 4.55. The SMILES string of the molecule is CC(=O)N[C@H](Cc1ccc(C)cc1)C(=O)NC1CCN(C(=O)Nc2ccccc2)CC1. The van der Waals surface area contributed by atoms with Crippen molar-refractivity contribution < 1.29 is 14.4 Å². The molecule has 7 nitrogen and oxygen atoms in total. The van der Waals surface area contributed by atoms with Gasteiger partial charge in [0.1, 0.15) is 6.04 Å². The molecule has 0 spiro atoms. The number of hydrogen-bond donors (Lipinski definition) is 3. The summed E-state index contributed by atoms with van der Waals surface area (Å²) in [6.07, 6.45) is 1.78. The molecule has 2 aromatic rings. The van der Waals surface area contributed by atoms with Crippen molar-refractivity contribution in [2.45, 2.75) is 45.2 Å². The quantitative estimate of drug-likeness (QED) is 0.669. The average molecular weight is 423 g/mol. The first-order valence-corrected chi connectivity index (χ1v) is 10.6. The number of likely N-dealkylation sites (tertiary alicyclic amines) is 1. The lowest BCUT2D eigenvalue weighted by Crippen LogP contribution is -2.53. The van der Waals surface area contributed by atoms with E-state index in [1.807, 2.05) is 61.5 Å². The van der Waals surface area contributed by atoms with Crippen molar-refractivity contribution in [2.75, 3.05) is 18.4 Å². The van der Waals surface area contributed by atoms with Gasteiger partial charge < -0.3 is 20.9 Å². The summed E-state index contributed by atoms with van der Waals surface area (Å²) in [6, 6.07) is 16.5. The Hall–Kier alpha value is -3.35. The molecular formula is C24H30N4O3. The van der Waals surface area contributed by atoms with E-state index in [1.165, 1.54) is 6.92 Å². The van der Waals surface area contributed by atoms with Crippen LogP contribution in [0.25, 0.3) is 0 Å². The maximum atomic E-state index is 12.9. The minimum Gasteiger partial charge on any atom is -0.351 e. The molecule has 1 saturated heterocycles. The summed E-state index contributed by atoms with van der Waals surface area (Å²) in [7, 11) is 0. The number of aryl methyl sites for hydroxylation is 1. The lowest BCUT2D eigenvalue weighted by Gasteiger charge is -2.33. The Kier molecular flexibility index (Phi) is 7.65. The smallest absolute Gasteiger partial charge is 0.321 e. The number of anilines is 1. The fourth-order valence-electron chi connectivity index (χ4n) is 3.67. The summed E-state index contributed by atoms with van der Waals surface area (Å²) >= 11 is 0. The van der Waals surface area contributed by atoms with E-state index in [0.29, 0.717) is 32.4 Å². The maximum Gasteiger partial charge on any atom is 0.321 e. The van der Waals surface area contributed by atoms with Crippen molar-refractivity contribution in [3.8, 4) is 0 Å². The van der Waals surface area contributed by atoms with Crippen LogP contribution in [0.15, 0.2) is 54.6 Å². The minimum atomic E-state index is -0.625. The number of amides is 4. The van der Waals surface area contributed by atoms with Gasteiger partial charge in [0, 0.05) is 38.2 Å². The number of rotatable bonds is 6. The van der Waals surface area contributed by atoms with Crippen LogP contribution in [0.4, 0.5) is 10.5 Å². The summed E-state index contributed by atoms with van der Waals surface area (Å²) in [5.74, 6) is -0.428. The summed E-state index contributed by atoms with van der Waals surface area (Å²) in [5.41, 5.74) is 2.90. The van der Waals surface area contributed by atoms with Gasteiger partial charge in [-0.15, -0.1) is 0 Å². The van der Waals surface area contributed by atoms with Crippen molar-refractivity contribution in [3.05, 3.63) is 65.7 Å². The van der Waals surface area contributed by atoms with E-state index in [-0.39, 0.29) is 23.9 Å². The highest BCUT2D eigenvalue weighted by Gasteiger charge is 2.27. The van der Waals surface area contributed by atoms with Crippen LogP contribution in [0, 0.1) is 6.92 Å². The number of para-hydroxylation sites is 1. The summed E-state index contributed by atoms with van der Waals surface area (Å²) in [4.78, 5) is 38.7. The topological polar surface area (TPSA) is 90.5 Å².